The molecule has 0 radical (unpaired) electrons. The minimum Gasteiger partial charge on any atom is -0.493 e. The zero-order valence-corrected chi connectivity index (χ0v) is 14.5. The lowest BCUT2D eigenvalue weighted by atomic mass is 10.1. The summed E-state index contributed by atoms with van der Waals surface area (Å²) >= 11 is 0. The Balaban J connectivity index is 1.69. The summed E-state index contributed by atoms with van der Waals surface area (Å²) in [6, 6.07) is 11.9. The van der Waals surface area contributed by atoms with Crippen LogP contribution < -0.4 is 20.1 Å². The van der Waals surface area contributed by atoms with Crippen LogP contribution in [-0.2, 0) is 17.8 Å². The maximum Gasteiger partial charge on any atom is 0.233 e. The zero-order valence-electron chi connectivity index (χ0n) is 14.5. The predicted molar refractivity (Wildman–Crippen MR) is 94.4 cm³/mol. The molecule has 0 aliphatic carbocycles. The van der Waals surface area contributed by atoms with Crippen LogP contribution in [0.25, 0.3) is 0 Å². The van der Waals surface area contributed by atoms with Gasteiger partial charge in [-0.3, -0.25) is 4.79 Å². The van der Waals surface area contributed by atoms with E-state index in [9.17, 15) is 9.18 Å². The quantitative estimate of drug-likeness (QED) is 0.731. The van der Waals surface area contributed by atoms with Crippen LogP contribution in [-0.4, -0.2) is 33.2 Å². The second-order valence-electron chi connectivity index (χ2n) is 5.52. The molecule has 0 fully saturated rings. The monoisotopic (exact) mass is 346 g/mol. The van der Waals surface area contributed by atoms with Gasteiger partial charge in [-0.25, -0.2) is 4.39 Å². The molecule has 134 valence electrons. The Kier molecular flexibility index (Phi) is 7.22. The van der Waals surface area contributed by atoms with Crippen molar-refractivity contribution in [3.8, 4) is 11.5 Å². The summed E-state index contributed by atoms with van der Waals surface area (Å²) in [5, 5.41) is 5.89. The van der Waals surface area contributed by atoms with Crippen molar-refractivity contribution in [2.75, 3.05) is 27.3 Å². The lowest BCUT2D eigenvalue weighted by Crippen LogP contribution is -2.34. The van der Waals surface area contributed by atoms with E-state index in [1.807, 2.05) is 18.2 Å². The summed E-state index contributed by atoms with van der Waals surface area (Å²) < 4.78 is 23.3. The highest BCUT2D eigenvalue weighted by Crippen LogP contribution is 2.27. The summed E-state index contributed by atoms with van der Waals surface area (Å²) in [5.41, 5.74) is 1.98. The van der Waals surface area contributed by atoms with Gasteiger partial charge in [-0.05, 0) is 41.8 Å². The Morgan fingerprint density at radius 1 is 1.00 bits per heavy atom. The molecule has 0 spiro atoms. The van der Waals surface area contributed by atoms with Crippen LogP contribution in [0.15, 0.2) is 42.5 Å². The van der Waals surface area contributed by atoms with Crippen LogP contribution in [0.1, 0.15) is 11.1 Å². The van der Waals surface area contributed by atoms with Crippen LogP contribution >= 0.6 is 0 Å². The number of carbonyl (C=O) groups is 1. The number of benzene rings is 2. The molecular formula is C19H23FN2O3. The molecule has 0 saturated heterocycles. The number of methoxy groups -OCH3 is 2. The largest absolute Gasteiger partial charge is 0.493 e. The standard InChI is InChI=1S/C19H23FN2O3/c1-24-17-8-5-14(11-18(17)25-2)9-10-22-19(23)13-21-12-15-3-6-16(20)7-4-15/h3-8,11,21H,9-10,12-13H2,1-2H3,(H,22,23). The van der Waals surface area contributed by atoms with E-state index < -0.39 is 0 Å². The molecule has 2 aromatic rings. The van der Waals surface area contributed by atoms with Gasteiger partial charge in [0.25, 0.3) is 0 Å². The molecular weight excluding hydrogens is 323 g/mol. The van der Waals surface area contributed by atoms with E-state index in [-0.39, 0.29) is 18.3 Å². The van der Waals surface area contributed by atoms with E-state index in [1.165, 1.54) is 12.1 Å². The third-order valence-electron chi connectivity index (χ3n) is 3.71. The molecule has 0 unspecified atom stereocenters. The highest BCUT2D eigenvalue weighted by molar-refractivity contribution is 5.77. The smallest absolute Gasteiger partial charge is 0.233 e. The lowest BCUT2D eigenvalue weighted by molar-refractivity contribution is -0.120. The average molecular weight is 346 g/mol. The average Bonchev–Trinajstić information content (AvgIpc) is 2.63. The number of carbonyl (C=O) groups excluding carboxylic acids is 1. The van der Waals surface area contributed by atoms with E-state index in [0.29, 0.717) is 31.0 Å². The molecule has 0 aliphatic heterocycles. The van der Waals surface area contributed by atoms with Crippen LogP contribution in [0.3, 0.4) is 0 Å². The van der Waals surface area contributed by atoms with E-state index >= 15 is 0 Å². The molecule has 2 aromatic carbocycles. The Morgan fingerprint density at radius 2 is 1.68 bits per heavy atom. The second-order valence-corrected chi connectivity index (χ2v) is 5.52. The van der Waals surface area contributed by atoms with Gasteiger partial charge in [-0.1, -0.05) is 18.2 Å². The number of ether oxygens (including phenoxy) is 2. The van der Waals surface area contributed by atoms with E-state index in [4.69, 9.17) is 9.47 Å². The number of amides is 1. The fourth-order valence-corrected chi connectivity index (χ4v) is 2.37. The van der Waals surface area contributed by atoms with Crippen molar-refractivity contribution in [3.63, 3.8) is 0 Å². The molecule has 0 atom stereocenters. The lowest BCUT2D eigenvalue weighted by Gasteiger charge is -2.10. The van der Waals surface area contributed by atoms with Crippen LogP contribution in [0.5, 0.6) is 11.5 Å². The van der Waals surface area contributed by atoms with Gasteiger partial charge in [-0.2, -0.15) is 0 Å². The first kappa shape index (κ1) is 18.7. The predicted octanol–water partition coefficient (Wildman–Crippen LogP) is 2.29. The van der Waals surface area contributed by atoms with E-state index in [1.54, 1.807) is 26.4 Å². The Labute approximate surface area is 147 Å². The Morgan fingerprint density at radius 3 is 2.36 bits per heavy atom. The SMILES string of the molecule is COc1ccc(CCNC(=O)CNCc2ccc(F)cc2)cc1OC. The first-order valence-corrected chi connectivity index (χ1v) is 8.05. The summed E-state index contributed by atoms with van der Waals surface area (Å²) in [7, 11) is 3.19. The van der Waals surface area contributed by atoms with Gasteiger partial charge in [0.15, 0.2) is 11.5 Å². The maximum absolute atomic E-state index is 12.8. The van der Waals surface area contributed by atoms with Crippen LogP contribution in [0, 0.1) is 5.82 Å². The zero-order chi connectivity index (χ0) is 18.1. The molecule has 2 N–H and O–H groups in total. The van der Waals surface area contributed by atoms with Crippen molar-refractivity contribution >= 4 is 5.91 Å². The van der Waals surface area contributed by atoms with Gasteiger partial charge >= 0.3 is 0 Å². The highest BCUT2D eigenvalue weighted by atomic mass is 19.1. The van der Waals surface area contributed by atoms with Gasteiger partial charge in [-0.15, -0.1) is 0 Å². The molecule has 5 nitrogen and oxygen atoms in total. The Hall–Kier alpha value is -2.60. The minimum atomic E-state index is -0.267. The molecule has 0 aromatic heterocycles. The highest BCUT2D eigenvalue weighted by Gasteiger charge is 2.05. The fourth-order valence-electron chi connectivity index (χ4n) is 2.37. The first-order valence-electron chi connectivity index (χ1n) is 8.05. The van der Waals surface area contributed by atoms with E-state index in [2.05, 4.69) is 10.6 Å². The number of rotatable bonds is 9. The molecule has 1 amide bonds. The first-order chi connectivity index (χ1) is 12.1. The number of halogens is 1. The third kappa shape index (κ3) is 6.08. The minimum absolute atomic E-state index is 0.0809. The van der Waals surface area contributed by atoms with Crippen molar-refractivity contribution < 1.29 is 18.7 Å². The Bertz CT molecular complexity index is 690. The molecule has 0 saturated carbocycles. The van der Waals surface area contributed by atoms with Gasteiger partial charge in [0.05, 0.1) is 20.8 Å². The molecule has 0 heterocycles. The van der Waals surface area contributed by atoms with Crippen molar-refractivity contribution in [3.05, 3.63) is 59.4 Å². The normalized spacial score (nSPS) is 10.4. The molecule has 25 heavy (non-hydrogen) atoms. The van der Waals surface area contributed by atoms with Crippen LogP contribution in [0.4, 0.5) is 4.39 Å². The summed E-state index contributed by atoms with van der Waals surface area (Å²) in [5.74, 6) is 1.01. The van der Waals surface area contributed by atoms with E-state index in [0.717, 1.165) is 11.1 Å². The molecule has 6 heteroatoms. The maximum atomic E-state index is 12.8. The van der Waals surface area contributed by atoms with Crippen molar-refractivity contribution in [1.29, 1.82) is 0 Å². The molecule has 2 rings (SSSR count). The van der Waals surface area contributed by atoms with Gasteiger partial charge in [0.1, 0.15) is 5.82 Å². The molecule has 0 bridgehead atoms. The van der Waals surface area contributed by atoms with Gasteiger partial charge < -0.3 is 20.1 Å². The van der Waals surface area contributed by atoms with Gasteiger partial charge in [0.2, 0.25) is 5.91 Å². The number of hydrogen-bond donors (Lipinski definition) is 2. The van der Waals surface area contributed by atoms with Gasteiger partial charge in [0, 0.05) is 13.1 Å². The molecule has 0 aliphatic rings. The summed E-state index contributed by atoms with van der Waals surface area (Å²) in [6.07, 6.45) is 0.698. The summed E-state index contributed by atoms with van der Waals surface area (Å²) in [6.45, 7) is 1.26. The van der Waals surface area contributed by atoms with Crippen LogP contribution in [0.2, 0.25) is 0 Å². The second kappa shape index (κ2) is 9.64. The van der Waals surface area contributed by atoms with Crippen molar-refractivity contribution in [2.24, 2.45) is 0 Å². The number of hydrogen-bond acceptors (Lipinski definition) is 4. The fraction of sp³-hybridized carbons (Fsp3) is 0.316. The van der Waals surface area contributed by atoms with Crippen molar-refractivity contribution in [2.45, 2.75) is 13.0 Å². The number of nitrogens with one attached hydrogen (secondary N) is 2. The summed E-state index contributed by atoms with van der Waals surface area (Å²) in [4.78, 5) is 11.8. The topological polar surface area (TPSA) is 59.6 Å². The van der Waals surface area contributed by atoms with Crippen molar-refractivity contribution in [1.82, 2.24) is 10.6 Å². The third-order valence-corrected chi connectivity index (χ3v) is 3.71.